The fourth-order valence-corrected chi connectivity index (χ4v) is 4.04. The monoisotopic (exact) mass is 346 g/mol. The van der Waals surface area contributed by atoms with Crippen LogP contribution in [-0.2, 0) is 0 Å². The first-order valence-corrected chi connectivity index (χ1v) is 9.13. The lowest BCUT2D eigenvalue weighted by Gasteiger charge is -2.40. The van der Waals surface area contributed by atoms with E-state index in [4.69, 9.17) is 5.73 Å². The number of hydrogen-bond acceptors (Lipinski definition) is 5. The minimum absolute atomic E-state index is 0.0985. The van der Waals surface area contributed by atoms with E-state index in [1.807, 2.05) is 0 Å². The Morgan fingerprint density at radius 3 is 2.48 bits per heavy atom. The smallest absolute Gasteiger partial charge is 0.270 e. The zero-order chi connectivity index (χ0) is 17.8. The molecule has 2 fully saturated rings. The van der Waals surface area contributed by atoms with Gasteiger partial charge in [0.1, 0.15) is 0 Å². The van der Waals surface area contributed by atoms with Crippen molar-refractivity contribution in [2.45, 2.75) is 44.6 Å². The Morgan fingerprint density at radius 1 is 1.12 bits per heavy atom. The maximum atomic E-state index is 11.8. The SMILES string of the molecule is NC(=O)c1cc([N+](=O)[O-])ccc1N1CCCC(N2CCCCCC2)C1. The molecule has 1 amide bonds. The molecule has 3 rings (SSSR count). The number of non-ortho nitro benzene ring substituents is 1. The quantitative estimate of drug-likeness (QED) is 0.668. The maximum Gasteiger partial charge on any atom is 0.270 e. The Labute approximate surface area is 147 Å². The summed E-state index contributed by atoms with van der Waals surface area (Å²) in [6.45, 7) is 3.98. The van der Waals surface area contributed by atoms with Crippen molar-refractivity contribution in [3.8, 4) is 0 Å². The van der Waals surface area contributed by atoms with Crippen molar-refractivity contribution >= 4 is 17.3 Å². The maximum absolute atomic E-state index is 11.8. The fraction of sp³-hybridized carbons (Fsp3) is 0.611. The second-order valence-electron chi connectivity index (χ2n) is 7.02. The van der Waals surface area contributed by atoms with Crippen LogP contribution in [0.5, 0.6) is 0 Å². The van der Waals surface area contributed by atoms with E-state index in [0.717, 1.165) is 44.7 Å². The molecule has 0 aromatic heterocycles. The number of piperidine rings is 1. The minimum Gasteiger partial charge on any atom is -0.369 e. The lowest BCUT2D eigenvalue weighted by atomic mass is 10.0. The molecular weight excluding hydrogens is 320 g/mol. The molecule has 136 valence electrons. The third kappa shape index (κ3) is 4.10. The lowest BCUT2D eigenvalue weighted by molar-refractivity contribution is -0.384. The standard InChI is InChI=1S/C18H26N4O3/c19-18(23)16-12-14(22(24)25)7-8-17(16)21-11-5-6-15(13-21)20-9-3-1-2-4-10-20/h7-8,12,15H,1-6,9-11,13H2,(H2,19,23). The van der Waals surface area contributed by atoms with Crippen LogP contribution in [0.25, 0.3) is 0 Å². The first-order valence-electron chi connectivity index (χ1n) is 9.13. The molecule has 1 unspecified atom stereocenters. The predicted octanol–water partition coefficient (Wildman–Crippen LogP) is 2.54. The largest absolute Gasteiger partial charge is 0.369 e. The van der Waals surface area contributed by atoms with Gasteiger partial charge in [0, 0.05) is 31.3 Å². The van der Waals surface area contributed by atoms with Gasteiger partial charge in [-0.3, -0.25) is 19.8 Å². The van der Waals surface area contributed by atoms with E-state index >= 15 is 0 Å². The van der Waals surface area contributed by atoms with Crippen molar-refractivity contribution < 1.29 is 9.72 Å². The molecule has 2 N–H and O–H groups in total. The number of nitro groups is 1. The van der Waals surface area contributed by atoms with Crippen LogP contribution in [-0.4, -0.2) is 48.0 Å². The van der Waals surface area contributed by atoms with Crippen molar-refractivity contribution in [3.63, 3.8) is 0 Å². The number of amides is 1. The van der Waals surface area contributed by atoms with E-state index in [1.165, 1.54) is 37.8 Å². The van der Waals surface area contributed by atoms with E-state index in [2.05, 4.69) is 9.80 Å². The number of nitro benzene ring substituents is 1. The fourth-order valence-electron chi connectivity index (χ4n) is 4.04. The summed E-state index contributed by atoms with van der Waals surface area (Å²) in [7, 11) is 0. The molecule has 0 aliphatic carbocycles. The third-order valence-electron chi connectivity index (χ3n) is 5.35. The number of hydrogen-bond donors (Lipinski definition) is 1. The van der Waals surface area contributed by atoms with E-state index in [0.29, 0.717) is 6.04 Å². The molecule has 2 heterocycles. The minimum atomic E-state index is -0.615. The number of anilines is 1. The molecule has 1 atom stereocenters. The van der Waals surface area contributed by atoms with Crippen molar-refractivity contribution in [2.24, 2.45) is 5.73 Å². The van der Waals surface area contributed by atoms with Crippen LogP contribution < -0.4 is 10.6 Å². The zero-order valence-electron chi connectivity index (χ0n) is 14.5. The topological polar surface area (TPSA) is 92.7 Å². The molecule has 25 heavy (non-hydrogen) atoms. The first kappa shape index (κ1) is 17.7. The summed E-state index contributed by atoms with van der Waals surface area (Å²) < 4.78 is 0. The summed E-state index contributed by atoms with van der Waals surface area (Å²) in [5.74, 6) is -0.615. The van der Waals surface area contributed by atoms with Gasteiger partial charge in [-0.15, -0.1) is 0 Å². The average molecular weight is 346 g/mol. The highest BCUT2D eigenvalue weighted by atomic mass is 16.6. The summed E-state index contributed by atoms with van der Waals surface area (Å²) in [4.78, 5) is 27.1. The van der Waals surface area contributed by atoms with Gasteiger partial charge in [0.25, 0.3) is 11.6 Å². The van der Waals surface area contributed by atoms with Crippen molar-refractivity contribution in [1.29, 1.82) is 0 Å². The summed E-state index contributed by atoms with van der Waals surface area (Å²) >= 11 is 0. The number of nitrogens with two attached hydrogens (primary N) is 1. The molecule has 1 aromatic rings. The van der Waals surface area contributed by atoms with Gasteiger partial charge in [0.15, 0.2) is 0 Å². The van der Waals surface area contributed by atoms with Crippen LogP contribution >= 0.6 is 0 Å². The number of benzene rings is 1. The van der Waals surface area contributed by atoms with E-state index in [-0.39, 0.29) is 11.3 Å². The summed E-state index contributed by atoms with van der Waals surface area (Å²) in [5, 5.41) is 11.0. The van der Waals surface area contributed by atoms with Crippen LogP contribution in [0.15, 0.2) is 18.2 Å². The predicted molar refractivity (Wildman–Crippen MR) is 96.9 cm³/mol. The van der Waals surface area contributed by atoms with Crippen molar-refractivity contribution in [1.82, 2.24) is 4.90 Å². The molecule has 1 aromatic carbocycles. The van der Waals surface area contributed by atoms with Crippen LogP contribution in [0.1, 0.15) is 48.9 Å². The van der Waals surface area contributed by atoms with Gasteiger partial charge in [-0.05, 0) is 44.8 Å². The number of carbonyl (C=O) groups is 1. The highest BCUT2D eigenvalue weighted by Gasteiger charge is 2.28. The van der Waals surface area contributed by atoms with E-state index in [9.17, 15) is 14.9 Å². The molecule has 2 aliphatic heterocycles. The van der Waals surface area contributed by atoms with Gasteiger partial charge in [-0.2, -0.15) is 0 Å². The second-order valence-corrected chi connectivity index (χ2v) is 7.02. The Kier molecular flexibility index (Phi) is 5.53. The molecule has 0 bridgehead atoms. The number of nitrogens with zero attached hydrogens (tertiary/aromatic N) is 3. The molecule has 2 saturated heterocycles. The Bertz CT molecular complexity index is 641. The molecule has 7 heteroatoms. The Hall–Kier alpha value is -2.15. The van der Waals surface area contributed by atoms with Crippen molar-refractivity contribution in [2.75, 3.05) is 31.1 Å². The third-order valence-corrected chi connectivity index (χ3v) is 5.35. The zero-order valence-corrected chi connectivity index (χ0v) is 14.5. The first-order chi connectivity index (χ1) is 12.1. The average Bonchev–Trinajstić information content (AvgIpc) is 2.90. The highest BCUT2D eigenvalue weighted by molar-refractivity contribution is 5.99. The van der Waals surface area contributed by atoms with Crippen LogP contribution in [0, 0.1) is 10.1 Å². The molecular formula is C18H26N4O3. The second kappa shape index (κ2) is 7.82. The molecule has 0 radical (unpaired) electrons. The number of carbonyl (C=O) groups excluding carboxylic acids is 1. The van der Waals surface area contributed by atoms with E-state index in [1.54, 1.807) is 6.07 Å². The van der Waals surface area contributed by atoms with Gasteiger partial charge in [-0.1, -0.05) is 12.8 Å². The summed E-state index contributed by atoms with van der Waals surface area (Å²) in [6, 6.07) is 4.90. The summed E-state index contributed by atoms with van der Waals surface area (Å²) in [5.41, 5.74) is 6.35. The number of likely N-dealkylation sites (tertiary alicyclic amines) is 1. The van der Waals surface area contributed by atoms with Crippen LogP contribution in [0.4, 0.5) is 11.4 Å². The highest BCUT2D eigenvalue weighted by Crippen LogP contribution is 2.29. The molecule has 2 aliphatic rings. The van der Waals surface area contributed by atoms with Gasteiger partial charge in [0.2, 0.25) is 0 Å². The summed E-state index contributed by atoms with van der Waals surface area (Å²) in [6.07, 6.45) is 7.33. The van der Waals surface area contributed by atoms with Gasteiger partial charge in [-0.25, -0.2) is 0 Å². The molecule has 0 saturated carbocycles. The van der Waals surface area contributed by atoms with Gasteiger partial charge in [0.05, 0.1) is 16.2 Å². The molecule has 7 nitrogen and oxygen atoms in total. The normalized spacial score (nSPS) is 22.4. The Morgan fingerprint density at radius 2 is 1.84 bits per heavy atom. The lowest BCUT2D eigenvalue weighted by Crippen LogP contribution is -2.48. The van der Waals surface area contributed by atoms with Crippen molar-refractivity contribution in [3.05, 3.63) is 33.9 Å². The number of primary amides is 1. The van der Waals surface area contributed by atoms with E-state index < -0.39 is 10.8 Å². The van der Waals surface area contributed by atoms with Crippen LogP contribution in [0.2, 0.25) is 0 Å². The Balaban J connectivity index is 1.80. The molecule has 0 spiro atoms. The van der Waals surface area contributed by atoms with Gasteiger partial charge < -0.3 is 10.6 Å². The van der Waals surface area contributed by atoms with Gasteiger partial charge >= 0.3 is 0 Å². The number of rotatable bonds is 4. The van der Waals surface area contributed by atoms with Crippen LogP contribution in [0.3, 0.4) is 0 Å².